The van der Waals surface area contributed by atoms with Crippen LogP contribution in [0, 0.1) is 0 Å². The molecule has 0 unspecified atom stereocenters. The number of rotatable bonds is 11. The first-order valence-electron chi connectivity index (χ1n) is 9.39. The van der Waals surface area contributed by atoms with E-state index in [9.17, 15) is 14.4 Å². The largest absolute Gasteiger partial charge is 0.444 e. The van der Waals surface area contributed by atoms with Crippen molar-refractivity contribution in [3.63, 3.8) is 0 Å². The molecule has 0 aliphatic heterocycles. The molecule has 0 fully saturated rings. The third kappa shape index (κ3) is 11.7. The zero-order valence-electron chi connectivity index (χ0n) is 17.5. The third-order valence-electron chi connectivity index (χ3n) is 3.45. The maximum absolute atomic E-state index is 12.2. The molecule has 9 heteroatoms. The number of ether oxygens (including phenoxy) is 3. The highest BCUT2D eigenvalue weighted by Crippen LogP contribution is 2.15. The van der Waals surface area contributed by atoms with Crippen molar-refractivity contribution >= 4 is 23.6 Å². The number of alkyl carbamates (subject to hydrolysis) is 1. The van der Waals surface area contributed by atoms with Gasteiger partial charge in [-0.25, -0.2) is 4.79 Å². The Morgan fingerprint density at radius 1 is 1.00 bits per heavy atom. The first-order valence-corrected chi connectivity index (χ1v) is 9.39. The van der Waals surface area contributed by atoms with Crippen molar-refractivity contribution in [1.29, 1.82) is 0 Å². The molecule has 0 saturated heterocycles. The van der Waals surface area contributed by atoms with E-state index in [1.165, 1.54) is 0 Å². The van der Waals surface area contributed by atoms with Gasteiger partial charge in [-0.1, -0.05) is 18.2 Å². The lowest BCUT2D eigenvalue weighted by Gasteiger charge is -2.19. The lowest BCUT2D eigenvalue weighted by atomic mass is 10.1. The highest BCUT2D eigenvalue weighted by molar-refractivity contribution is 5.92. The van der Waals surface area contributed by atoms with Crippen LogP contribution in [0.5, 0.6) is 0 Å². The van der Waals surface area contributed by atoms with Gasteiger partial charge in [0.1, 0.15) is 12.2 Å². The Labute approximate surface area is 171 Å². The van der Waals surface area contributed by atoms with E-state index < -0.39 is 11.7 Å². The minimum atomic E-state index is -0.593. The number of anilines is 1. The van der Waals surface area contributed by atoms with Gasteiger partial charge in [-0.3, -0.25) is 9.59 Å². The third-order valence-corrected chi connectivity index (χ3v) is 3.45. The maximum atomic E-state index is 12.2. The Morgan fingerprint density at radius 3 is 2.41 bits per heavy atom. The van der Waals surface area contributed by atoms with Crippen LogP contribution in [0.2, 0.25) is 0 Å². The molecule has 29 heavy (non-hydrogen) atoms. The van der Waals surface area contributed by atoms with Crippen molar-refractivity contribution < 1.29 is 28.6 Å². The van der Waals surface area contributed by atoms with Crippen LogP contribution in [-0.4, -0.2) is 57.0 Å². The summed E-state index contributed by atoms with van der Waals surface area (Å²) < 4.78 is 15.1. The number of carbonyl (C=O) groups excluding carboxylic acids is 3. The van der Waals surface area contributed by atoms with Crippen molar-refractivity contribution in [1.82, 2.24) is 10.6 Å². The van der Waals surface area contributed by atoms with Crippen LogP contribution in [0.25, 0.3) is 0 Å². The molecular weight excluding hydrogens is 378 g/mol. The Bertz CT molecular complexity index is 672. The van der Waals surface area contributed by atoms with Crippen LogP contribution in [-0.2, 0) is 30.3 Å². The highest BCUT2D eigenvalue weighted by Gasteiger charge is 2.16. The second-order valence-corrected chi connectivity index (χ2v) is 7.21. The summed E-state index contributed by atoms with van der Waals surface area (Å²) in [5.74, 6) is -0.522. The van der Waals surface area contributed by atoms with Gasteiger partial charge in [0.05, 0.1) is 13.2 Å². The molecular formula is C20H31N3O6. The van der Waals surface area contributed by atoms with Crippen molar-refractivity contribution in [2.75, 3.05) is 38.8 Å². The van der Waals surface area contributed by atoms with Crippen molar-refractivity contribution in [2.45, 2.75) is 39.3 Å². The van der Waals surface area contributed by atoms with E-state index in [1.807, 2.05) is 6.07 Å². The topological polar surface area (TPSA) is 115 Å². The fourth-order valence-electron chi connectivity index (χ4n) is 2.15. The van der Waals surface area contributed by atoms with Gasteiger partial charge in [-0.05, 0) is 32.4 Å². The zero-order valence-corrected chi connectivity index (χ0v) is 17.5. The molecule has 0 aliphatic carbocycles. The molecule has 1 aromatic rings. The van der Waals surface area contributed by atoms with Gasteiger partial charge in [-0.2, -0.15) is 0 Å². The molecule has 1 rings (SSSR count). The lowest BCUT2D eigenvalue weighted by Crippen LogP contribution is -2.34. The van der Waals surface area contributed by atoms with Gasteiger partial charge in [0.25, 0.3) is 0 Å². The fourth-order valence-corrected chi connectivity index (χ4v) is 2.15. The number of amides is 3. The number of hydrogen-bond donors (Lipinski definition) is 3. The molecule has 0 bridgehead atoms. The Hall–Kier alpha value is -2.65. The van der Waals surface area contributed by atoms with Crippen molar-refractivity contribution in [3.8, 4) is 0 Å². The van der Waals surface area contributed by atoms with Gasteiger partial charge in [0, 0.05) is 32.3 Å². The molecule has 0 atom stereocenters. The summed E-state index contributed by atoms with van der Waals surface area (Å²) in [6.45, 7) is 6.40. The number of para-hydroxylation sites is 1. The van der Waals surface area contributed by atoms with E-state index in [4.69, 9.17) is 14.2 Å². The molecule has 3 amide bonds. The minimum Gasteiger partial charge on any atom is -0.444 e. The molecule has 0 heterocycles. The van der Waals surface area contributed by atoms with Crippen LogP contribution in [0.3, 0.4) is 0 Å². The van der Waals surface area contributed by atoms with Gasteiger partial charge < -0.3 is 30.2 Å². The Kier molecular flexibility index (Phi) is 10.7. The summed E-state index contributed by atoms with van der Waals surface area (Å²) in [5.41, 5.74) is 0.756. The quantitative estimate of drug-likeness (QED) is 0.480. The molecule has 1 aromatic carbocycles. The van der Waals surface area contributed by atoms with E-state index in [2.05, 4.69) is 16.0 Å². The number of hydrogen-bond acceptors (Lipinski definition) is 6. The van der Waals surface area contributed by atoms with Crippen LogP contribution in [0.15, 0.2) is 24.3 Å². The van der Waals surface area contributed by atoms with Gasteiger partial charge in [0.15, 0.2) is 0 Å². The normalized spacial score (nSPS) is 10.9. The molecule has 0 spiro atoms. The molecule has 0 aromatic heterocycles. The van der Waals surface area contributed by atoms with Crippen molar-refractivity contribution in [3.05, 3.63) is 29.8 Å². The average molecular weight is 409 g/mol. The summed E-state index contributed by atoms with van der Waals surface area (Å²) in [7, 11) is 1.56. The standard InChI is InChI=1S/C20H31N3O6/c1-20(2,3)29-19(26)21-10-9-17(24)23-16-8-6-5-7-15(16)13-22-18(25)14-28-12-11-27-4/h5-8H,9-14H2,1-4H3,(H,21,26)(H,22,25)(H,23,24). The van der Waals surface area contributed by atoms with E-state index >= 15 is 0 Å². The molecule has 0 aliphatic rings. The summed E-state index contributed by atoms with van der Waals surface area (Å²) >= 11 is 0. The van der Waals surface area contributed by atoms with Gasteiger partial charge in [-0.15, -0.1) is 0 Å². The molecule has 0 radical (unpaired) electrons. The molecule has 9 nitrogen and oxygen atoms in total. The fraction of sp³-hybridized carbons (Fsp3) is 0.550. The van der Waals surface area contributed by atoms with Gasteiger partial charge in [0.2, 0.25) is 11.8 Å². The van der Waals surface area contributed by atoms with Crippen LogP contribution < -0.4 is 16.0 Å². The Morgan fingerprint density at radius 2 is 1.72 bits per heavy atom. The van der Waals surface area contributed by atoms with E-state index in [1.54, 1.807) is 46.1 Å². The molecule has 3 N–H and O–H groups in total. The average Bonchev–Trinajstić information content (AvgIpc) is 2.63. The monoisotopic (exact) mass is 409 g/mol. The summed E-state index contributed by atoms with van der Waals surface area (Å²) in [4.78, 5) is 35.5. The van der Waals surface area contributed by atoms with Crippen molar-refractivity contribution in [2.24, 2.45) is 0 Å². The van der Waals surface area contributed by atoms with Crippen LogP contribution >= 0.6 is 0 Å². The number of carbonyl (C=O) groups is 3. The minimum absolute atomic E-state index is 0.0613. The summed E-state index contributed by atoms with van der Waals surface area (Å²) in [5, 5.41) is 8.06. The van der Waals surface area contributed by atoms with E-state index in [-0.39, 0.29) is 37.9 Å². The molecule has 162 valence electrons. The predicted molar refractivity (Wildman–Crippen MR) is 108 cm³/mol. The number of benzene rings is 1. The maximum Gasteiger partial charge on any atom is 0.407 e. The number of nitrogens with one attached hydrogen (secondary N) is 3. The van der Waals surface area contributed by atoms with Gasteiger partial charge >= 0.3 is 6.09 Å². The highest BCUT2D eigenvalue weighted by atomic mass is 16.6. The van der Waals surface area contributed by atoms with E-state index in [0.29, 0.717) is 18.9 Å². The smallest absolute Gasteiger partial charge is 0.407 e. The van der Waals surface area contributed by atoms with Crippen LogP contribution in [0.4, 0.5) is 10.5 Å². The van der Waals surface area contributed by atoms with E-state index in [0.717, 1.165) is 5.56 Å². The first kappa shape index (κ1) is 24.4. The second-order valence-electron chi connectivity index (χ2n) is 7.21. The predicted octanol–water partition coefficient (Wildman–Crippen LogP) is 1.82. The SMILES string of the molecule is COCCOCC(=O)NCc1ccccc1NC(=O)CCNC(=O)OC(C)(C)C. The Balaban J connectivity index is 2.41. The number of methoxy groups -OCH3 is 1. The lowest BCUT2D eigenvalue weighted by molar-refractivity contribution is -0.126. The first-order chi connectivity index (χ1) is 13.7. The zero-order chi connectivity index (χ0) is 21.7. The molecule has 0 saturated carbocycles. The second kappa shape index (κ2) is 12.7. The summed E-state index contributed by atoms with van der Waals surface area (Å²) in [6.07, 6.45) is -0.478. The summed E-state index contributed by atoms with van der Waals surface area (Å²) in [6, 6.07) is 7.15. The van der Waals surface area contributed by atoms with Crippen LogP contribution in [0.1, 0.15) is 32.8 Å².